The van der Waals surface area contributed by atoms with E-state index in [0.717, 1.165) is 0 Å². The molecule has 1 aromatic rings. The van der Waals surface area contributed by atoms with E-state index in [1.165, 1.54) is 0 Å². The highest BCUT2D eigenvalue weighted by Gasteiger charge is 2.13. The van der Waals surface area contributed by atoms with E-state index in [0.29, 0.717) is 28.7 Å². The van der Waals surface area contributed by atoms with Gasteiger partial charge in [-0.25, -0.2) is 0 Å². The Morgan fingerprint density at radius 2 is 2.19 bits per heavy atom. The zero-order valence-corrected chi connectivity index (χ0v) is 10.5. The number of rotatable bonds is 4. The van der Waals surface area contributed by atoms with Crippen molar-refractivity contribution in [1.29, 1.82) is 0 Å². The lowest BCUT2D eigenvalue weighted by Gasteiger charge is -2.12. The molecule has 0 spiro atoms. The zero-order chi connectivity index (χ0) is 12.1. The maximum absolute atomic E-state index is 11.7. The first-order valence-electron chi connectivity index (χ1n) is 5.00. The van der Waals surface area contributed by atoms with Gasteiger partial charge in [-0.05, 0) is 31.2 Å². The third-order valence-corrected chi connectivity index (χ3v) is 2.78. The molecule has 1 amide bonds. The van der Waals surface area contributed by atoms with Gasteiger partial charge in [0.15, 0.2) is 0 Å². The molecule has 3 nitrogen and oxygen atoms in total. The highest BCUT2D eigenvalue weighted by molar-refractivity contribution is 6.36. The Kier molecular flexibility index (Phi) is 5.06. The van der Waals surface area contributed by atoms with Crippen LogP contribution >= 0.6 is 23.2 Å². The number of hydrogen-bond acceptors (Lipinski definition) is 2. The molecule has 1 rings (SSSR count). The van der Waals surface area contributed by atoms with Crippen LogP contribution in [0.1, 0.15) is 13.3 Å². The molecule has 0 heterocycles. The number of carbonyl (C=O) groups is 1. The Morgan fingerprint density at radius 1 is 1.50 bits per heavy atom. The summed E-state index contributed by atoms with van der Waals surface area (Å²) in [6.45, 7) is 2.31. The van der Waals surface area contributed by atoms with Crippen LogP contribution in [0.5, 0.6) is 0 Å². The second-order valence-corrected chi connectivity index (χ2v) is 4.44. The average Bonchev–Trinajstić information content (AvgIpc) is 2.22. The van der Waals surface area contributed by atoms with Gasteiger partial charge in [0.05, 0.1) is 10.7 Å². The number of carbonyl (C=O) groups excluding carboxylic acids is 1. The summed E-state index contributed by atoms with van der Waals surface area (Å²) in [6, 6.07) is 4.95. The Balaban J connectivity index is 2.69. The number of hydrogen-bond donors (Lipinski definition) is 2. The lowest BCUT2D eigenvalue weighted by atomic mass is 10.1. The Bertz CT molecular complexity index is 382. The van der Waals surface area contributed by atoms with Crippen LogP contribution in [0.25, 0.3) is 0 Å². The van der Waals surface area contributed by atoms with Crippen LogP contribution in [-0.4, -0.2) is 12.5 Å². The molecular weight excluding hydrogens is 247 g/mol. The van der Waals surface area contributed by atoms with Crippen LogP contribution in [0.4, 0.5) is 5.69 Å². The first-order valence-corrected chi connectivity index (χ1v) is 5.76. The van der Waals surface area contributed by atoms with E-state index in [1.54, 1.807) is 18.2 Å². The van der Waals surface area contributed by atoms with Gasteiger partial charge in [-0.15, -0.1) is 0 Å². The van der Waals surface area contributed by atoms with E-state index in [-0.39, 0.29) is 11.8 Å². The average molecular weight is 261 g/mol. The second-order valence-electron chi connectivity index (χ2n) is 3.59. The van der Waals surface area contributed by atoms with Gasteiger partial charge in [0, 0.05) is 10.9 Å². The SMILES string of the molecule is CC(CCN)C(=O)Nc1ccc(Cl)cc1Cl. The molecule has 3 N–H and O–H groups in total. The first-order chi connectivity index (χ1) is 7.54. The second kappa shape index (κ2) is 6.09. The number of halogens is 2. The molecule has 1 atom stereocenters. The Hall–Kier alpha value is -0.770. The van der Waals surface area contributed by atoms with Gasteiger partial charge in [-0.1, -0.05) is 30.1 Å². The predicted octanol–water partition coefficient (Wildman–Crippen LogP) is 2.92. The number of nitrogens with one attached hydrogen (secondary N) is 1. The maximum atomic E-state index is 11.7. The summed E-state index contributed by atoms with van der Waals surface area (Å²) in [5.74, 6) is -0.216. The van der Waals surface area contributed by atoms with Crippen molar-refractivity contribution in [2.75, 3.05) is 11.9 Å². The van der Waals surface area contributed by atoms with E-state index in [2.05, 4.69) is 5.32 Å². The van der Waals surface area contributed by atoms with Crippen molar-refractivity contribution in [1.82, 2.24) is 0 Å². The predicted molar refractivity (Wildman–Crippen MR) is 67.9 cm³/mol. The minimum absolute atomic E-state index is 0.0883. The highest BCUT2D eigenvalue weighted by atomic mass is 35.5. The van der Waals surface area contributed by atoms with Gasteiger partial charge in [0.2, 0.25) is 5.91 Å². The molecule has 0 saturated carbocycles. The molecule has 0 aliphatic carbocycles. The van der Waals surface area contributed by atoms with Crippen molar-refractivity contribution < 1.29 is 4.79 Å². The molecule has 1 aromatic carbocycles. The van der Waals surface area contributed by atoms with Crippen molar-refractivity contribution in [3.8, 4) is 0 Å². The molecule has 0 bridgehead atoms. The van der Waals surface area contributed by atoms with Crippen LogP contribution in [0, 0.1) is 5.92 Å². The van der Waals surface area contributed by atoms with Crippen molar-refractivity contribution in [2.45, 2.75) is 13.3 Å². The smallest absolute Gasteiger partial charge is 0.227 e. The fourth-order valence-corrected chi connectivity index (χ4v) is 1.68. The van der Waals surface area contributed by atoms with E-state index in [1.807, 2.05) is 6.92 Å². The topological polar surface area (TPSA) is 55.1 Å². The summed E-state index contributed by atoms with van der Waals surface area (Å²) in [5.41, 5.74) is 5.96. The van der Waals surface area contributed by atoms with Gasteiger partial charge in [-0.2, -0.15) is 0 Å². The van der Waals surface area contributed by atoms with Crippen LogP contribution in [-0.2, 0) is 4.79 Å². The summed E-state index contributed by atoms with van der Waals surface area (Å²) in [4.78, 5) is 11.7. The van der Waals surface area contributed by atoms with Crippen molar-refractivity contribution >= 4 is 34.8 Å². The number of anilines is 1. The standard InChI is InChI=1S/C11H14Cl2N2O/c1-7(4-5-14)11(16)15-10-3-2-8(12)6-9(10)13/h2-3,6-7H,4-5,14H2,1H3,(H,15,16). The monoisotopic (exact) mass is 260 g/mol. The zero-order valence-electron chi connectivity index (χ0n) is 8.97. The molecule has 0 aliphatic heterocycles. The highest BCUT2D eigenvalue weighted by Crippen LogP contribution is 2.25. The van der Waals surface area contributed by atoms with Crippen molar-refractivity contribution in [3.05, 3.63) is 28.2 Å². The van der Waals surface area contributed by atoms with Crippen molar-refractivity contribution in [2.24, 2.45) is 11.7 Å². The Labute approximate surface area is 105 Å². The van der Waals surface area contributed by atoms with Gasteiger partial charge < -0.3 is 11.1 Å². The van der Waals surface area contributed by atoms with Crippen LogP contribution in [0.15, 0.2) is 18.2 Å². The Morgan fingerprint density at radius 3 is 2.75 bits per heavy atom. The van der Waals surface area contributed by atoms with Gasteiger partial charge >= 0.3 is 0 Å². The number of benzene rings is 1. The summed E-state index contributed by atoms with van der Waals surface area (Å²) >= 11 is 11.7. The third-order valence-electron chi connectivity index (χ3n) is 2.24. The van der Waals surface area contributed by atoms with Crippen LogP contribution < -0.4 is 11.1 Å². The van der Waals surface area contributed by atoms with Crippen LogP contribution in [0.3, 0.4) is 0 Å². The summed E-state index contributed by atoms with van der Waals surface area (Å²) in [5, 5.41) is 3.71. The molecule has 0 fully saturated rings. The molecule has 0 saturated heterocycles. The quantitative estimate of drug-likeness (QED) is 0.875. The third kappa shape index (κ3) is 3.67. The van der Waals surface area contributed by atoms with Gasteiger partial charge in [0.1, 0.15) is 0 Å². The molecule has 88 valence electrons. The normalized spacial score (nSPS) is 12.2. The summed E-state index contributed by atoms with van der Waals surface area (Å²) in [6.07, 6.45) is 0.650. The molecule has 1 unspecified atom stereocenters. The molecule has 0 radical (unpaired) electrons. The van der Waals surface area contributed by atoms with Crippen molar-refractivity contribution in [3.63, 3.8) is 0 Å². The fourth-order valence-electron chi connectivity index (χ4n) is 1.23. The lowest BCUT2D eigenvalue weighted by Crippen LogP contribution is -2.22. The number of nitrogens with two attached hydrogens (primary N) is 1. The van der Waals surface area contributed by atoms with E-state index in [9.17, 15) is 4.79 Å². The molecule has 16 heavy (non-hydrogen) atoms. The molecular formula is C11H14Cl2N2O. The lowest BCUT2D eigenvalue weighted by molar-refractivity contribution is -0.119. The summed E-state index contributed by atoms with van der Waals surface area (Å²) < 4.78 is 0. The largest absolute Gasteiger partial charge is 0.330 e. The first kappa shape index (κ1) is 13.3. The maximum Gasteiger partial charge on any atom is 0.227 e. The minimum atomic E-state index is -0.128. The van der Waals surface area contributed by atoms with Gasteiger partial charge in [0.25, 0.3) is 0 Å². The molecule has 0 aliphatic rings. The van der Waals surface area contributed by atoms with Gasteiger partial charge in [-0.3, -0.25) is 4.79 Å². The summed E-state index contributed by atoms with van der Waals surface area (Å²) in [7, 11) is 0. The fraction of sp³-hybridized carbons (Fsp3) is 0.364. The minimum Gasteiger partial charge on any atom is -0.330 e. The molecule has 0 aromatic heterocycles. The van der Waals surface area contributed by atoms with E-state index < -0.39 is 0 Å². The molecule has 5 heteroatoms. The van der Waals surface area contributed by atoms with E-state index in [4.69, 9.17) is 28.9 Å². The number of amides is 1. The van der Waals surface area contributed by atoms with E-state index >= 15 is 0 Å². The van der Waals surface area contributed by atoms with Crippen LogP contribution in [0.2, 0.25) is 10.0 Å².